The van der Waals surface area contributed by atoms with E-state index in [0.29, 0.717) is 0 Å². The van der Waals surface area contributed by atoms with Gasteiger partial charge in [0, 0.05) is 4.90 Å². The molecule has 2 unspecified atom stereocenters. The van der Waals surface area contributed by atoms with Gasteiger partial charge in [0.25, 0.3) is 0 Å². The first-order valence-electron chi connectivity index (χ1n) is 7.73. The van der Waals surface area contributed by atoms with Gasteiger partial charge in [0.15, 0.2) is 0 Å². The number of rotatable bonds is 3. The summed E-state index contributed by atoms with van der Waals surface area (Å²) in [5, 5.41) is 3.63. The lowest BCUT2D eigenvalue weighted by Gasteiger charge is -2.36. The molecular formula is C17H25NS. The van der Waals surface area contributed by atoms with Gasteiger partial charge in [-0.15, -0.1) is 11.8 Å². The Bertz CT molecular complexity index is 394. The maximum absolute atomic E-state index is 3.63. The number of hydrogen-bond acceptors (Lipinski definition) is 2. The van der Waals surface area contributed by atoms with Crippen molar-refractivity contribution in [1.29, 1.82) is 0 Å². The van der Waals surface area contributed by atoms with Crippen LogP contribution in [0.15, 0.2) is 29.2 Å². The molecule has 1 heterocycles. The van der Waals surface area contributed by atoms with Crippen molar-refractivity contribution < 1.29 is 0 Å². The second-order valence-corrected chi connectivity index (χ2v) is 6.96. The minimum Gasteiger partial charge on any atom is -0.316 e. The highest BCUT2D eigenvalue weighted by Crippen LogP contribution is 2.42. The molecule has 2 fully saturated rings. The van der Waals surface area contributed by atoms with Crippen molar-refractivity contribution in [3.8, 4) is 0 Å². The van der Waals surface area contributed by atoms with Crippen LogP contribution in [0.4, 0.5) is 0 Å². The second kappa shape index (κ2) is 6.32. The third-order valence-corrected chi connectivity index (χ3v) is 5.82. The number of piperidine rings is 1. The molecule has 1 N–H and O–H groups in total. The summed E-state index contributed by atoms with van der Waals surface area (Å²) >= 11 is 1.84. The highest BCUT2D eigenvalue weighted by atomic mass is 32.2. The van der Waals surface area contributed by atoms with Gasteiger partial charge in [-0.1, -0.05) is 37.8 Å². The topological polar surface area (TPSA) is 12.0 Å². The standard InChI is InChI=1S/C17H25NS/c1-19-15-8-6-14(7-9-15)16-10-11-18-12-17(16)13-4-2-3-5-13/h6-9,13,16-18H,2-5,10-12H2,1H3. The fourth-order valence-corrected chi connectivity index (χ4v) is 4.44. The molecule has 1 aromatic rings. The molecule has 1 saturated carbocycles. The Balaban J connectivity index is 1.78. The fraction of sp³-hybridized carbons (Fsp3) is 0.647. The summed E-state index contributed by atoms with van der Waals surface area (Å²) in [6, 6.07) is 9.36. The quantitative estimate of drug-likeness (QED) is 0.826. The van der Waals surface area contributed by atoms with Gasteiger partial charge in [-0.05, 0) is 61.2 Å². The van der Waals surface area contributed by atoms with Gasteiger partial charge in [0.05, 0.1) is 0 Å². The van der Waals surface area contributed by atoms with Crippen LogP contribution in [0.1, 0.15) is 43.6 Å². The van der Waals surface area contributed by atoms with E-state index in [2.05, 4.69) is 35.8 Å². The molecular weight excluding hydrogens is 250 g/mol. The Hall–Kier alpha value is -0.470. The van der Waals surface area contributed by atoms with Crippen molar-refractivity contribution in [2.75, 3.05) is 19.3 Å². The van der Waals surface area contributed by atoms with Gasteiger partial charge in [-0.3, -0.25) is 0 Å². The maximum Gasteiger partial charge on any atom is 0.00693 e. The third-order valence-electron chi connectivity index (χ3n) is 5.08. The van der Waals surface area contributed by atoms with Crippen LogP contribution in [0.5, 0.6) is 0 Å². The van der Waals surface area contributed by atoms with Crippen molar-refractivity contribution in [3.63, 3.8) is 0 Å². The van der Waals surface area contributed by atoms with Crippen LogP contribution >= 0.6 is 11.8 Å². The first-order valence-corrected chi connectivity index (χ1v) is 8.95. The molecule has 1 aliphatic carbocycles. The molecule has 0 aromatic heterocycles. The van der Waals surface area contributed by atoms with E-state index in [1.165, 1.54) is 50.1 Å². The van der Waals surface area contributed by atoms with Gasteiger partial charge < -0.3 is 5.32 Å². The van der Waals surface area contributed by atoms with Crippen LogP contribution in [0.2, 0.25) is 0 Å². The number of thioether (sulfide) groups is 1. The van der Waals surface area contributed by atoms with Gasteiger partial charge in [0.2, 0.25) is 0 Å². The molecule has 104 valence electrons. The van der Waals surface area contributed by atoms with E-state index in [1.54, 1.807) is 5.56 Å². The monoisotopic (exact) mass is 275 g/mol. The Morgan fingerprint density at radius 1 is 1.05 bits per heavy atom. The minimum absolute atomic E-state index is 0.792. The second-order valence-electron chi connectivity index (χ2n) is 6.08. The molecule has 2 aliphatic rings. The lowest BCUT2D eigenvalue weighted by molar-refractivity contribution is 0.231. The molecule has 3 rings (SSSR count). The molecule has 1 aromatic carbocycles. The average molecular weight is 275 g/mol. The molecule has 19 heavy (non-hydrogen) atoms. The van der Waals surface area contributed by atoms with Crippen molar-refractivity contribution in [1.82, 2.24) is 5.32 Å². The van der Waals surface area contributed by atoms with E-state index in [-0.39, 0.29) is 0 Å². The Labute approximate surface area is 121 Å². The summed E-state index contributed by atoms with van der Waals surface area (Å²) in [4.78, 5) is 1.38. The van der Waals surface area contributed by atoms with Crippen molar-refractivity contribution in [2.45, 2.75) is 42.9 Å². The van der Waals surface area contributed by atoms with Crippen LogP contribution in [-0.2, 0) is 0 Å². The van der Waals surface area contributed by atoms with Crippen LogP contribution in [0.3, 0.4) is 0 Å². The van der Waals surface area contributed by atoms with Crippen LogP contribution in [0, 0.1) is 11.8 Å². The van der Waals surface area contributed by atoms with E-state index in [4.69, 9.17) is 0 Å². The predicted octanol–water partition coefficient (Wildman–Crippen LogP) is 4.29. The average Bonchev–Trinajstić information content (AvgIpc) is 3.01. The third kappa shape index (κ3) is 3.00. The molecule has 0 bridgehead atoms. The van der Waals surface area contributed by atoms with E-state index in [1.807, 2.05) is 11.8 Å². The first-order chi connectivity index (χ1) is 9.38. The molecule has 1 saturated heterocycles. The normalized spacial score (nSPS) is 28.7. The van der Waals surface area contributed by atoms with Crippen molar-refractivity contribution in [2.24, 2.45) is 11.8 Å². The Morgan fingerprint density at radius 2 is 1.79 bits per heavy atom. The SMILES string of the molecule is CSc1ccc(C2CCNCC2C2CCCC2)cc1. The largest absolute Gasteiger partial charge is 0.316 e. The summed E-state index contributed by atoms with van der Waals surface area (Å²) < 4.78 is 0. The Kier molecular flexibility index (Phi) is 4.49. The lowest BCUT2D eigenvalue weighted by Crippen LogP contribution is -2.38. The molecule has 1 nitrogen and oxygen atoms in total. The number of benzene rings is 1. The minimum atomic E-state index is 0.792. The van der Waals surface area contributed by atoms with Gasteiger partial charge >= 0.3 is 0 Å². The van der Waals surface area contributed by atoms with E-state index in [0.717, 1.165) is 17.8 Å². The van der Waals surface area contributed by atoms with E-state index in [9.17, 15) is 0 Å². The zero-order chi connectivity index (χ0) is 13.1. The molecule has 0 spiro atoms. The number of hydrogen-bond donors (Lipinski definition) is 1. The summed E-state index contributed by atoms with van der Waals surface area (Å²) in [6.07, 6.45) is 9.32. The number of nitrogens with one attached hydrogen (secondary N) is 1. The van der Waals surface area contributed by atoms with Gasteiger partial charge in [-0.25, -0.2) is 0 Å². The zero-order valence-corrected chi connectivity index (χ0v) is 12.7. The zero-order valence-electron chi connectivity index (χ0n) is 11.9. The lowest BCUT2D eigenvalue weighted by atomic mass is 9.74. The molecule has 1 aliphatic heterocycles. The summed E-state index contributed by atoms with van der Waals surface area (Å²) in [6.45, 7) is 2.43. The Morgan fingerprint density at radius 3 is 2.47 bits per heavy atom. The molecule has 0 amide bonds. The smallest absolute Gasteiger partial charge is 0.00693 e. The van der Waals surface area contributed by atoms with Gasteiger partial charge in [-0.2, -0.15) is 0 Å². The van der Waals surface area contributed by atoms with Crippen LogP contribution in [0.25, 0.3) is 0 Å². The highest BCUT2D eigenvalue weighted by molar-refractivity contribution is 7.98. The summed E-state index contributed by atoms with van der Waals surface area (Å²) in [5.74, 6) is 2.63. The molecule has 0 radical (unpaired) electrons. The summed E-state index contributed by atoms with van der Waals surface area (Å²) in [5.41, 5.74) is 1.58. The van der Waals surface area contributed by atoms with Crippen molar-refractivity contribution >= 4 is 11.8 Å². The van der Waals surface area contributed by atoms with E-state index >= 15 is 0 Å². The van der Waals surface area contributed by atoms with Crippen molar-refractivity contribution in [3.05, 3.63) is 29.8 Å². The van der Waals surface area contributed by atoms with Gasteiger partial charge in [0.1, 0.15) is 0 Å². The summed E-state index contributed by atoms with van der Waals surface area (Å²) in [7, 11) is 0. The van der Waals surface area contributed by atoms with Crippen LogP contribution < -0.4 is 5.32 Å². The maximum atomic E-state index is 3.63. The van der Waals surface area contributed by atoms with Crippen LogP contribution in [-0.4, -0.2) is 19.3 Å². The molecule has 2 heteroatoms. The fourth-order valence-electron chi connectivity index (χ4n) is 4.03. The highest BCUT2D eigenvalue weighted by Gasteiger charge is 2.33. The predicted molar refractivity (Wildman–Crippen MR) is 83.9 cm³/mol. The first kappa shape index (κ1) is 13.5. The van der Waals surface area contributed by atoms with E-state index < -0.39 is 0 Å². The molecule has 2 atom stereocenters.